The van der Waals surface area contributed by atoms with Gasteiger partial charge in [0.25, 0.3) is 0 Å². The number of rotatable bonds is 4. The Morgan fingerprint density at radius 2 is 1.72 bits per heavy atom. The summed E-state index contributed by atoms with van der Waals surface area (Å²) in [6.45, 7) is 9.62. The Bertz CT molecular complexity index is 904. The number of anilines is 1. The van der Waals surface area contributed by atoms with Gasteiger partial charge in [0.15, 0.2) is 0 Å². The second-order valence-electron chi connectivity index (χ2n) is 8.41. The fourth-order valence-corrected chi connectivity index (χ4v) is 3.41. The first-order chi connectivity index (χ1) is 13.7. The molecule has 2 aromatic rings. The average molecular weight is 396 g/mol. The van der Waals surface area contributed by atoms with E-state index in [1.807, 2.05) is 83.1 Å². The van der Waals surface area contributed by atoms with Crippen molar-refractivity contribution in [2.24, 2.45) is 0 Å². The molecule has 1 unspecified atom stereocenters. The number of carbonyl (C=O) groups excluding carboxylic acids is 2. The maximum Gasteiger partial charge on any atom is 0.407 e. The molecule has 2 atom stereocenters. The predicted octanol–water partition coefficient (Wildman–Crippen LogP) is 4.22. The highest BCUT2D eigenvalue weighted by atomic mass is 16.6. The quantitative estimate of drug-likeness (QED) is 0.813. The van der Waals surface area contributed by atoms with Crippen molar-refractivity contribution in [2.45, 2.75) is 52.2 Å². The van der Waals surface area contributed by atoms with Crippen LogP contribution in [0.3, 0.4) is 0 Å². The van der Waals surface area contributed by atoms with E-state index in [2.05, 4.69) is 10.7 Å². The summed E-state index contributed by atoms with van der Waals surface area (Å²) in [6.07, 6.45) is -0.477. The molecule has 2 amide bonds. The van der Waals surface area contributed by atoms with Crippen LogP contribution in [0.25, 0.3) is 11.1 Å². The SMILES string of the molecule is CC1C(=O)N(NC[C@H](C)NC(=O)OC(C)(C)C)c2ccccc2-c2ccccc21. The normalized spacial score (nSPS) is 17.1. The second-order valence-corrected chi connectivity index (χ2v) is 8.41. The van der Waals surface area contributed by atoms with Gasteiger partial charge in [0.05, 0.1) is 11.6 Å². The molecule has 0 bridgehead atoms. The molecule has 1 heterocycles. The molecule has 0 aliphatic carbocycles. The third-order valence-corrected chi connectivity index (χ3v) is 4.77. The number of hydrogen-bond donors (Lipinski definition) is 2. The van der Waals surface area contributed by atoms with Gasteiger partial charge < -0.3 is 10.1 Å². The third kappa shape index (κ3) is 4.77. The zero-order valence-electron chi connectivity index (χ0n) is 17.7. The molecule has 0 saturated carbocycles. The summed E-state index contributed by atoms with van der Waals surface area (Å²) in [5.41, 5.74) is 6.53. The molecule has 0 saturated heterocycles. The average Bonchev–Trinajstić information content (AvgIpc) is 2.74. The van der Waals surface area contributed by atoms with Crippen molar-refractivity contribution in [1.82, 2.24) is 10.7 Å². The summed E-state index contributed by atoms with van der Waals surface area (Å²) in [7, 11) is 0. The molecule has 1 aliphatic rings. The maximum atomic E-state index is 13.2. The van der Waals surface area contributed by atoms with Crippen molar-refractivity contribution in [3.8, 4) is 11.1 Å². The number of carbonyl (C=O) groups is 2. The maximum absolute atomic E-state index is 13.2. The zero-order valence-corrected chi connectivity index (χ0v) is 17.7. The molecular weight excluding hydrogens is 366 g/mol. The molecule has 0 spiro atoms. The summed E-state index contributed by atoms with van der Waals surface area (Å²) < 4.78 is 5.30. The molecule has 154 valence electrons. The van der Waals surface area contributed by atoms with Gasteiger partial charge in [0.2, 0.25) is 5.91 Å². The van der Waals surface area contributed by atoms with Gasteiger partial charge >= 0.3 is 6.09 Å². The van der Waals surface area contributed by atoms with Gasteiger partial charge in [-0.15, -0.1) is 0 Å². The smallest absolute Gasteiger partial charge is 0.407 e. The topological polar surface area (TPSA) is 70.7 Å². The van der Waals surface area contributed by atoms with Gasteiger partial charge in [-0.2, -0.15) is 0 Å². The van der Waals surface area contributed by atoms with Crippen LogP contribution in [0.4, 0.5) is 10.5 Å². The minimum Gasteiger partial charge on any atom is -0.444 e. The number of hydrazine groups is 1. The summed E-state index contributed by atoms with van der Waals surface area (Å²) in [6, 6.07) is 15.6. The molecule has 29 heavy (non-hydrogen) atoms. The largest absolute Gasteiger partial charge is 0.444 e. The Kier molecular flexibility index (Phi) is 5.94. The number of hydrogen-bond acceptors (Lipinski definition) is 4. The van der Waals surface area contributed by atoms with E-state index in [9.17, 15) is 9.59 Å². The number of para-hydroxylation sites is 1. The third-order valence-electron chi connectivity index (χ3n) is 4.77. The lowest BCUT2D eigenvalue weighted by Crippen LogP contribution is -2.51. The Balaban J connectivity index is 1.79. The van der Waals surface area contributed by atoms with Crippen LogP contribution >= 0.6 is 0 Å². The summed E-state index contributed by atoms with van der Waals surface area (Å²) in [5, 5.41) is 4.40. The van der Waals surface area contributed by atoms with Gasteiger partial charge in [0.1, 0.15) is 5.60 Å². The number of alkyl carbamates (subject to hydrolysis) is 1. The molecule has 6 nitrogen and oxygen atoms in total. The summed E-state index contributed by atoms with van der Waals surface area (Å²) in [5.74, 6) is -0.327. The van der Waals surface area contributed by atoms with E-state index < -0.39 is 11.7 Å². The molecule has 1 aliphatic heterocycles. The summed E-state index contributed by atoms with van der Waals surface area (Å²) in [4.78, 5) is 25.2. The van der Waals surface area contributed by atoms with Gasteiger partial charge in [-0.1, -0.05) is 42.5 Å². The van der Waals surface area contributed by atoms with E-state index >= 15 is 0 Å². The fourth-order valence-electron chi connectivity index (χ4n) is 3.41. The Labute approximate surface area is 172 Å². The van der Waals surface area contributed by atoms with Crippen LogP contribution in [0, 0.1) is 0 Å². The highest BCUT2D eigenvalue weighted by Gasteiger charge is 2.31. The number of amides is 2. The van der Waals surface area contributed by atoms with Crippen LogP contribution < -0.4 is 15.8 Å². The highest BCUT2D eigenvalue weighted by molar-refractivity contribution is 6.04. The molecule has 2 N–H and O–H groups in total. The van der Waals surface area contributed by atoms with E-state index in [1.54, 1.807) is 5.01 Å². The van der Waals surface area contributed by atoms with Crippen molar-refractivity contribution in [1.29, 1.82) is 0 Å². The first-order valence-corrected chi connectivity index (χ1v) is 9.92. The van der Waals surface area contributed by atoms with Crippen molar-refractivity contribution >= 4 is 17.7 Å². The first-order valence-electron chi connectivity index (χ1n) is 9.92. The van der Waals surface area contributed by atoms with Crippen LogP contribution in [0.5, 0.6) is 0 Å². The van der Waals surface area contributed by atoms with Crippen LogP contribution in [0.1, 0.15) is 46.1 Å². The molecule has 0 aromatic heterocycles. The number of fused-ring (bicyclic) bond motifs is 3. The Hall–Kier alpha value is -2.86. The molecule has 6 heteroatoms. The number of benzene rings is 2. The van der Waals surface area contributed by atoms with Gasteiger partial charge in [0, 0.05) is 18.2 Å². The Morgan fingerprint density at radius 3 is 2.41 bits per heavy atom. The molecule has 0 radical (unpaired) electrons. The standard InChI is InChI=1S/C23H29N3O3/c1-15(25-22(28)29-23(3,4)5)14-24-26-20-13-9-8-12-19(20)18-11-7-6-10-17(18)16(2)21(26)27/h6-13,15-16,24H,14H2,1-5H3,(H,25,28)/t15-,16?/m0/s1. The zero-order chi connectivity index (χ0) is 21.2. The van der Waals surface area contributed by atoms with Gasteiger partial charge in [-0.05, 0) is 51.8 Å². The molecular formula is C23H29N3O3. The van der Waals surface area contributed by atoms with E-state index in [0.29, 0.717) is 6.54 Å². The molecule has 3 rings (SSSR count). The van der Waals surface area contributed by atoms with Gasteiger partial charge in [-0.25, -0.2) is 15.2 Å². The summed E-state index contributed by atoms with van der Waals surface area (Å²) >= 11 is 0. The predicted molar refractivity (Wildman–Crippen MR) is 115 cm³/mol. The minimum atomic E-state index is -0.557. The van der Waals surface area contributed by atoms with Crippen LogP contribution in [-0.2, 0) is 9.53 Å². The fraction of sp³-hybridized carbons (Fsp3) is 0.391. The Morgan fingerprint density at radius 1 is 1.10 bits per heavy atom. The van der Waals surface area contributed by atoms with Crippen molar-refractivity contribution in [2.75, 3.05) is 11.6 Å². The van der Waals surface area contributed by atoms with Crippen LogP contribution in [0.2, 0.25) is 0 Å². The van der Waals surface area contributed by atoms with E-state index in [0.717, 1.165) is 22.4 Å². The molecule has 0 fully saturated rings. The highest BCUT2D eigenvalue weighted by Crippen LogP contribution is 2.39. The minimum absolute atomic E-state index is 0.0353. The lowest BCUT2D eigenvalue weighted by Gasteiger charge is -2.28. The lowest BCUT2D eigenvalue weighted by atomic mass is 9.92. The van der Waals surface area contributed by atoms with E-state index in [4.69, 9.17) is 4.74 Å². The van der Waals surface area contributed by atoms with Crippen LogP contribution in [0.15, 0.2) is 48.5 Å². The van der Waals surface area contributed by atoms with Crippen molar-refractivity contribution in [3.05, 3.63) is 54.1 Å². The van der Waals surface area contributed by atoms with Crippen LogP contribution in [-0.4, -0.2) is 30.2 Å². The lowest BCUT2D eigenvalue weighted by molar-refractivity contribution is -0.120. The monoisotopic (exact) mass is 395 g/mol. The number of nitrogens with one attached hydrogen (secondary N) is 2. The second kappa shape index (κ2) is 8.25. The van der Waals surface area contributed by atoms with Crippen molar-refractivity contribution in [3.63, 3.8) is 0 Å². The number of nitrogens with zero attached hydrogens (tertiary/aromatic N) is 1. The first kappa shape index (κ1) is 20.9. The van der Waals surface area contributed by atoms with E-state index in [1.165, 1.54) is 0 Å². The van der Waals surface area contributed by atoms with Gasteiger partial charge in [-0.3, -0.25) is 4.79 Å². The van der Waals surface area contributed by atoms with E-state index in [-0.39, 0.29) is 17.9 Å². The number of ether oxygens (including phenoxy) is 1. The molecule has 2 aromatic carbocycles. The van der Waals surface area contributed by atoms with Crippen molar-refractivity contribution < 1.29 is 14.3 Å².